The van der Waals surface area contributed by atoms with Gasteiger partial charge in [0.1, 0.15) is 0 Å². The van der Waals surface area contributed by atoms with Gasteiger partial charge in [0.25, 0.3) is 0 Å². The summed E-state index contributed by atoms with van der Waals surface area (Å²) in [6, 6.07) is 9.49. The van der Waals surface area contributed by atoms with Crippen molar-refractivity contribution in [2.45, 2.75) is 39.8 Å². The molecule has 0 radical (unpaired) electrons. The molecule has 2 aliphatic rings. The lowest BCUT2D eigenvalue weighted by Gasteiger charge is -2.37. The first-order valence-corrected chi connectivity index (χ1v) is 11.5. The van der Waals surface area contributed by atoms with Gasteiger partial charge in [-0.25, -0.2) is 9.79 Å². The van der Waals surface area contributed by atoms with Crippen LogP contribution in [-0.2, 0) is 20.9 Å². The fraction of sp³-hybridized carbons (Fsp3) is 0.280. The molecule has 1 aromatic carbocycles. The van der Waals surface area contributed by atoms with E-state index in [-0.39, 0.29) is 12.3 Å². The SMILES string of the molecule is COC(=O)C1=C(C)N=C2SC=C(CC(=O)NCc3ccncc3)N2[C@H]1c1ccc(C)cc1C. The first-order valence-electron chi connectivity index (χ1n) is 10.6. The third-order valence-corrected chi connectivity index (χ3v) is 6.60. The standard InChI is InChI=1S/C25H26N4O3S/c1-15-5-6-20(16(2)11-15)23-22(24(31)32-4)17(3)28-25-29(23)19(14-33-25)12-21(30)27-13-18-7-9-26-10-8-18/h5-11,14,23H,12-13H2,1-4H3,(H,27,30)/t23-/m0/s1. The summed E-state index contributed by atoms with van der Waals surface area (Å²) in [5.74, 6) is -0.524. The molecule has 8 heteroatoms. The van der Waals surface area contributed by atoms with Gasteiger partial charge in [0.05, 0.1) is 30.8 Å². The van der Waals surface area contributed by atoms with Crippen molar-refractivity contribution < 1.29 is 14.3 Å². The van der Waals surface area contributed by atoms with Crippen molar-refractivity contribution in [3.63, 3.8) is 0 Å². The number of carbonyl (C=O) groups excluding carboxylic acids is 2. The van der Waals surface area contributed by atoms with E-state index in [9.17, 15) is 9.59 Å². The summed E-state index contributed by atoms with van der Waals surface area (Å²) in [4.78, 5) is 36.3. The lowest BCUT2D eigenvalue weighted by atomic mass is 9.90. The van der Waals surface area contributed by atoms with Crippen LogP contribution in [0.15, 0.2) is 70.1 Å². The highest BCUT2D eigenvalue weighted by Gasteiger charge is 2.41. The zero-order valence-electron chi connectivity index (χ0n) is 19.1. The number of aliphatic imine (C=N–C) groups is 1. The Bertz CT molecular complexity index is 1190. The van der Waals surface area contributed by atoms with E-state index in [1.54, 1.807) is 12.4 Å². The smallest absolute Gasteiger partial charge is 0.338 e. The minimum atomic E-state index is -0.418. The van der Waals surface area contributed by atoms with Crippen molar-refractivity contribution in [2.24, 2.45) is 4.99 Å². The third kappa shape index (κ3) is 4.71. The van der Waals surface area contributed by atoms with Crippen molar-refractivity contribution in [3.8, 4) is 0 Å². The van der Waals surface area contributed by atoms with E-state index in [0.717, 1.165) is 33.1 Å². The van der Waals surface area contributed by atoms with Gasteiger partial charge in [0.2, 0.25) is 5.91 Å². The Morgan fingerprint density at radius 3 is 2.61 bits per heavy atom. The summed E-state index contributed by atoms with van der Waals surface area (Å²) >= 11 is 1.46. The van der Waals surface area contributed by atoms with Crippen molar-refractivity contribution in [1.29, 1.82) is 0 Å². The van der Waals surface area contributed by atoms with Gasteiger partial charge in [0.15, 0.2) is 5.17 Å². The maximum absolute atomic E-state index is 12.8. The van der Waals surface area contributed by atoms with Crippen molar-refractivity contribution >= 4 is 28.8 Å². The molecule has 1 aromatic heterocycles. The van der Waals surface area contributed by atoms with Crippen LogP contribution in [0.4, 0.5) is 0 Å². The number of nitrogens with one attached hydrogen (secondary N) is 1. The second-order valence-corrected chi connectivity index (χ2v) is 8.89. The molecular formula is C25H26N4O3S. The van der Waals surface area contributed by atoms with Crippen LogP contribution in [0.3, 0.4) is 0 Å². The molecule has 0 aliphatic carbocycles. The van der Waals surface area contributed by atoms with Gasteiger partial charge in [-0.05, 0) is 55.0 Å². The van der Waals surface area contributed by atoms with Crippen LogP contribution in [0.25, 0.3) is 0 Å². The van der Waals surface area contributed by atoms with E-state index in [0.29, 0.717) is 17.8 Å². The average molecular weight is 463 g/mol. The van der Waals surface area contributed by atoms with Gasteiger partial charge < -0.3 is 15.0 Å². The molecule has 0 unspecified atom stereocenters. The lowest BCUT2D eigenvalue weighted by molar-refractivity contribution is -0.136. The van der Waals surface area contributed by atoms with Crippen LogP contribution in [0.1, 0.15) is 41.6 Å². The molecule has 4 rings (SSSR count). The molecule has 170 valence electrons. The highest BCUT2D eigenvalue weighted by Crippen LogP contribution is 2.45. The molecule has 0 fully saturated rings. The second kappa shape index (κ2) is 9.62. The molecule has 1 atom stereocenters. The topological polar surface area (TPSA) is 83.9 Å². The van der Waals surface area contributed by atoms with E-state index in [1.165, 1.54) is 18.9 Å². The number of pyridine rings is 1. The van der Waals surface area contributed by atoms with Crippen LogP contribution < -0.4 is 5.32 Å². The normalized spacial score (nSPS) is 17.3. The highest BCUT2D eigenvalue weighted by atomic mass is 32.2. The molecule has 2 aromatic rings. The number of rotatable bonds is 6. The number of hydrogen-bond acceptors (Lipinski definition) is 7. The first-order chi connectivity index (χ1) is 15.9. The molecular weight excluding hydrogens is 436 g/mol. The number of esters is 1. The summed E-state index contributed by atoms with van der Waals surface area (Å²) in [5.41, 5.74) is 6.08. The number of fused-ring (bicyclic) bond motifs is 1. The van der Waals surface area contributed by atoms with Gasteiger partial charge in [-0.1, -0.05) is 35.5 Å². The number of amidine groups is 1. The van der Waals surface area contributed by atoms with Crippen LogP contribution in [0.5, 0.6) is 0 Å². The molecule has 0 saturated carbocycles. The molecule has 0 spiro atoms. The predicted octanol–water partition coefficient (Wildman–Crippen LogP) is 4.15. The Kier molecular flexibility index (Phi) is 6.65. The number of nitrogens with zero attached hydrogens (tertiary/aromatic N) is 3. The van der Waals surface area contributed by atoms with Crippen LogP contribution in [-0.4, -0.2) is 34.0 Å². The second-order valence-electron chi connectivity index (χ2n) is 8.05. The number of amides is 1. The van der Waals surface area contributed by atoms with Crippen molar-refractivity contribution in [3.05, 3.63) is 87.4 Å². The maximum atomic E-state index is 12.8. The fourth-order valence-electron chi connectivity index (χ4n) is 4.10. The summed E-state index contributed by atoms with van der Waals surface area (Å²) in [6.07, 6.45) is 3.57. The molecule has 1 N–H and O–H groups in total. The van der Waals surface area contributed by atoms with E-state index >= 15 is 0 Å². The number of aryl methyl sites for hydroxylation is 2. The molecule has 7 nitrogen and oxygen atoms in total. The summed E-state index contributed by atoms with van der Waals surface area (Å²) in [5, 5.41) is 5.65. The van der Waals surface area contributed by atoms with E-state index in [1.807, 2.05) is 55.3 Å². The predicted molar refractivity (Wildman–Crippen MR) is 129 cm³/mol. The number of carbonyl (C=O) groups is 2. The zero-order chi connectivity index (χ0) is 23.5. The number of aromatic nitrogens is 1. The zero-order valence-corrected chi connectivity index (χ0v) is 19.9. The van der Waals surface area contributed by atoms with Crippen LogP contribution >= 0.6 is 11.8 Å². The number of hydrogen-bond donors (Lipinski definition) is 1. The van der Waals surface area contributed by atoms with Crippen LogP contribution in [0.2, 0.25) is 0 Å². The molecule has 0 bridgehead atoms. The van der Waals surface area contributed by atoms with Gasteiger partial charge in [-0.2, -0.15) is 0 Å². The number of allylic oxidation sites excluding steroid dienone is 1. The average Bonchev–Trinajstić information content (AvgIpc) is 3.19. The summed E-state index contributed by atoms with van der Waals surface area (Å²) in [7, 11) is 1.38. The van der Waals surface area contributed by atoms with Crippen LogP contribution in [0, 0.1) is 13.8 Å². The number of ether oxygens (including phenoxy) is 1. The van der Waals surface area contributed by atoms with Gasteiger partial charge in [0, 0.05) is 24.6 Å². The molecule has 1 amide bonds. The Morgan fingerprint density at radius 1 is 1.15 bits per heavy atom. The number of benzene rings is 1. The summed E-state index contributed by atoms with van der Waals surface area (Å²) in [6.45, 7) is 6.33. The quantitative estimate of drug-likeness (QED) is 0.649. The van der Waals surface area contributed by atoms with E-state index in [2.05, 4.69) is 21.4 Å². The number of thioether (sulfide) groups is 1. The Hall–Kier alpha value is -3.39. The van der Waals surface area contributed by atoms with Gasteiger partial charge in [-0.3, -0.25) is 9.78 Å². The molecule has 3 heterocycles. The minimum Gasteiger partial charge on any atom is -0.466 e. The Morgan fingerprint density at radius 2 is 1.91 bits per heavy atom. The van der Waals surface area contributed by atoms with Crippen molar-refractivity contribution in [2.75, 3.05) is 7.11 Å². The van der Waals surface area contributed by atoms with Gasteiger partial charge in [-0.15, -0.1) is 0 Å². The third-order valence-electron chi connectivity index (χ3n) is 5.71. The maximum Gasteiger partial charge on any atom is 0.338 e. The van der Waals surface area contributed by atoms with E-state index in [4.69, 9.17) is 4.74 Å². The van der Waals surface area contributed by atoms with Crippen molar-refractivity contribution in [1.82, 2.24) is 15.2 Å². The monoisotopic (exact) mass is 462 g/mol. The minimum absolute atomic E-state index is 0.106. The largest absolute Gasteiger partial charge is 0.466 e. The number of methoxy groups -OCH3 is 1. The first kappa shape index (κ1) is 22.8. The van der Waals surface area contributed by atoms with Gasteiger partial charge >= 0.3 is 5.97 Å². The fourth-order valence-corrected chi connectivity index (χ4v) is 5.06. The Labute approximate surface area is 197 Å². The highest BCUT2D eigenvalue weighted by molar-refractivity contribution is 8.16. The van der Waals surface area contributed by atoms with E-state index < -0.39 is 12.0 Å². The molecule has 2 aliphatic heterocycles. The summed E-state index contributed by atoms with van der Waals surface area (Å²) < 4.78 is 5.12. The molecule has 0 saturated heterocycles. The lowest BCUT2D eigenvalue weighted by Crippen LogP contribution is -2.38. The molecule has 33 heavy (non-hydrogen) atoms. The Balaban J connectivity index is 1.64.